The number of aromatic nitrogens is 1. The molecule has 0 bridgehead atoms. The van der Waals surface area contributed by atoms with Crippen LogP contribution in [0.25, 0.3) is 0 Å². The number of pyridine rings is 1. The van der Waals surface area contributed by atoms with Crippen LogP contribution in [0.4, 0.5) is 5.82 Å². The molecule has 1 aromatic heterocycles. The number of hydrogen-bond donors (Lipinski definition) is 0. The van der Waals surface area contributed by atoms with Gasteiger partial charge in [0.1, 0.15) is 5.82 Å². The maximum absolute atomic E-state index is 12.3. The molecule has 2 heterocycles. The Bertz CT molecular complexity index is 628. The molecule has 1 aliphatic heterocycles. The molecule has 0 aliphatic carbocycles. The van der Waals surface area contributed by atoms with Gasteiger partial charge in [0.25, 0.3) is 0 Å². The average Bonchev–Trinajstić information content (AvgIpc) is 2.58. The Morgan fingerprint density at radius 3 is 2.46 bits per heavy atom. The molecule has 0 saturated carbocycles. The number of carbonyl (C=O) groups excluding carboxylic acids is 1. The number of sulfonamides is 1. The molecule has 24 heavy (non-hydrogen) atoms. The highest BCUT2D eigenvalue weighted by Gasteiger charge is 2.23. The summed E-state index contributed by atoms with van der Waals surface area (Å²) >= 11 is 0. The van der Waals surface area contributed by atoms with E-state index < -0.39 is 10.0 Å². The molecule has 0 unspecified atom stereocenters. The van der Waals surface area contributed by atoms with Gasteiger partial charge in [0.15, 0.2) is 0 Å². The second-order valence-corrected chi connectivity index (χ2v) is 7.95. The minimum absolute atomic E-state index is 0.0143. The van der Waals surface area contributed by atoms with Crippen molar-refractivity contribution in [2.75, 3.05) is 50.4 Å². The number of nitrogens with zero attached hydrogens (tertiary/aromatic N) is 4. The van der Waals surface area contributed by atoms with Crippen molar-refractivity contribution in [3.05, 3.63) is 24.4 Å². The topological polar surface area (TPSA) is 73.8 Å². The third-order valence-corrected chi connectivity index (χ3v) is 5.43. The van der Waals surface area contributed by atoms with Gasteiger partial charge in [0.05, 0.1) is 6.26 Å². The molecule has 134 valence electrons. The van der Waals surface area contributed by atoms with E-state index in [-0.39, 0.29) is 18.9 Å². The molecule has 1 aromatic rings. The highest BCUT2D eigenvalue weighted by Crippen LogP contribution is 2.13. The van der Waals surface area contributed by atoms with Crippen LogP contribution in [0.3, 0.4) is 0 Å². The van der Waals surface area contributed by atoms with E-state index in [1.807, 2.05) is 30.0 Å². The van der Waals surface area contributed by atoms with Crippen molar-refractivity contribution in [2.45, 2.75) is 19.8 Å². The molecule has 1 aliphatic rings. The monoisotopic (exact) mass is 354 g/mol. The van der Waals surface area contributed by atoms with E-state index in [1.54, 1.807) is 6.20 Å². The summed E-state index contributed by atoms with van der Waals surface area (Å²) in [5.41, 5.74) is 0. The van der Waals surface area contributed by atoms with Gasteiger partial charge in [-0.25, -0.2) is 17.7 Å². The Hall–Kier alpha value is -1.67. The lowest BCUT2D eigenvalue weighted by atomic mass is 10.2. The number of hydrogen-bond acceptors (Lipinski definition) is 5. The van der Waals surface area contributed by atoms with Crippen molar-refractivity contribution >= 4 is 21.7 Å². The van der Waals surface area contributed by atoms with Crippen molar-refractivity contribution in [2.24, 2.45) is 0 Å². The zero-order chi connectivity index (χ0) is 17.6. The molecule has 1 fully saturated rings. The largest absolute Gasteiger partial charge is 0.353 e. The Morgan fingerprint density at radius 1 is 1.21 bits per heavy atom. The molecule has 0 aromatic carbocycles. The lowest BCUT2D eigenvalue weighted by Crippen LogP contribution is -2.49. The standard InChI is InChI=1S/C16H26N4O3S/c1-3-9-20(24(2,22)23)10-7-16(21)19-13-11-18(12-14-19)15-6-4-5-8-17-15/h4-6,8H,3,7,9-14H2,1-2H3. The summed E-state index contributed by atoms with van der Waals surface area (Å²) in [7, 11) is -3.25. The van der Waals surface area contributed by atoms with Crippen molar-refractivity contribution in [1.29, 1.82) is 0 Å². The molecule has 7 nitrogen and oxygen atoms in total. The Labute approximate surface area is 144 Å². The smallest absolute Gasteiger partial charge is 0.224 e. The third-order valence-electron chi connectivity index (χ3n) is 4.12. The van der Waals surface area contributed by atoms with Gasteiger partial charge in [-0.05, 0) is 18.6 Å². The lowest BCUT2D eigenvalue weighted by molar-refractivity contribution is -0.131. The number of amides is 1. The van der Waals surface area contributed by atoms with Crippen molar-refractivity contribution < 1.29 is 13.2 Å². The van der Waals surface area contributed by atoms with Gasteiger partial charge in [0.2, 0.25) is 15.9 Å². The maximum atomic E-state index is 12.3. The number of anilines is 1. The second-order valence-electron chi connectivity index (χ2n) is 5.97. The van der Waals surface area contributed by atoms with Crippen LogP contribution >= 0.6 is 0 Å². The maximum Gasteiger partial charge on any atom is 0.224 e. The molecule has 0 radical (unpaired) electrons. The van der Waals surface area contributed by atoms with Crippen molar-refractivity contribution in [1.82, 2.24) is 14.2 Å². The second kappa shape index (κ2) is 8.43. The summed E-state index contributed by atoms with van der Waals surface area (Å²) in [5, 5.41) is 0. The fourth-order valence-electron chi connectivity index (χ4n) is 2.80. The molecule has 0 N–H and O–H groups in total. The van der Waals surface area contributed by atoms with Gasteiger partial charge in [-0.3, -0.25) is 4.79 Å². The Balaban J connectivity index is 1.82. The van der Waals surface area contributed by atoms with E-state index in [2.05, 4.69) is 9.88 Å². The van der Waals surface area contributed by atoms with E-state index in [1.165, 1.54) is 10.6 Å². The van der Waals surface area contributed by atoms with E-state index in [4.69, 9.17) is 0 Å². The lowest BCUT2D eigenvalue weighted by Gasteiger charge is -2.35. The minimum atomic E-state index is -3.25. The molecule has 8 heteroatoms. The van der Waals surface area contributed by atoms with Gasteiger partial charge in [-0.15, -0.1) is 0 Å². The van der Waals surface area contributed by atoms with Crippen LogP contribution in [-0.4, -0.2) is 74.0 Å². The van der Waals surface area contributed by atoms with Crippen LogP contribution in [0.2, 0.25) is 0 Å². The molecule has 0 spiro atoms. The summed E-state index contributed by atoms with van der Waals surface area (Å²) in [6.45, 7) is 5.41. The first-order valence-electron chi connectivity index (χ1n) is 8.30. The van der Waals surface area contributed by atoms with Gasteiger partial charge in [0, 0.05) is 51.9 Å². The normalized spacial score (nSPS) is 15.8. The molecular formula is C16H26N4O3S. The summed E-state index contributed by atoms with van der Waals surface area (Å²) in [4.78, 5) is 20.6. The SMILES string of the molecule is CCCN(CCC(=O)N1CCN(c2ccccn2)CC1)S(C)(=O)=O. The summed E-state index contributed by atoms with van der Waals surface area (Å²) in [6.07, 6.45) is 3.93. The first-order valence-corrected chi connectivity index (χ1v) is 10.2. The number of piperazine rings is 1. The fourth-order valence-corrected chi connectivity index (χ4v) is 3.73. The number of rotatable bonds is 7. The fraction of sp³-hybridized carbons (Fsp3) is 0.625. The third kappa shape index (κ3) is 5.17. The van der Waals surface area contributed by atoms with E-state index in [0.717, 1.165) is 25.3 Å². The highest BCUT2D eigenvalue weighted by molar-refractivity contribution is 7.88. The minimum Gasteiger partial charge on any atom is -0.353 e. The van der Waals surface area contributed by atoms with Crippen LogP contribution in [0, 0.1) is 0 Å². The summed E-state index contributed by atoms with van der Waals surface area (Å²) in [6, 6.07) is 5.80. The van der Waals surface area contributed by atoms with Gasteiger partial charge in [-0.1, -0.05) is 13.0 Å². The average molecular weight is 354 g/mol. The highest BCUT2D eigenvalue weighted by atomic mass is 32.2. The predicted molar refractivity (Wildman–Crippen MR) is 94.4 cm³/mol. The first-order chi connectivity index (χ1) is 11.4. The van der Waals surface area contributed by atoms with Crippen LogP contribution in [0.15, 0.2) is 24.4 Å². The van der Waals surface area contributed by atoms with Crippen LogP contribution in [0.5, 0.6) is 0 Å². The zero-order valence-corrected chi connectivity index (χ0v) is 15.2. The van der Waals surface area contributed by atoms with Crippen LogP contribution in [-0.2, 0) is 14.8 Å². The van der Waals surface area contributed by atoms with Crippen molar-refractivity contribution in [3.8, 4) is 0 Å². The summed E-state index contributed by atoms with van der Waals surface area (Å²) < 4.78 is 24.8. The molecular weight excluding hydrogens is 328 g/mol. The van der Waals surface area contributed by atoms with Gasteiger partial charge < -0.3 is 9.80 Å². The number of carbonyl (C=O) groups is 1. The molecule has 1 saturated heterocycles. The first kappa shape index (κ1) is 18.7. The Kier molecular flexibility index (Phi) is 6.56. The van der Waals surface area contributed by atoms with E-state index >= 15 is 0 Å². The van der Waals surface area contributed by atoms with Crippen molar-refractivity contribution in [3.63, 3.8) is 0 Å². The van der Waals surface area contributed by atoms with E-state index in [9.17, 15) is 13.2 Å². The molecule has 0 atom stereocenters. The van der Waals surface area contributed by atoms with E-state index in [0.29, 0.717) is 19.6 Å². The van der Waals surface area contributed by atoms with Gasteiger partial charge >= 0.3 is 0 Å². The predicted octanol–water partition coefficient (Wildman–Crippen LogP) is 0.792. The van der Waals surface area contributed by atoms with Crippen LogP contribution < -0.4 is 4.90 Å². The Morgan fingerprint density at radius 2 is 1.92 bits per heavy atom. The molecule has 1 amide bonds. The zero-order valence-electron chi connectivity index (χ0n) is 14.4. The summed E-state index contributed by atoms with van der Waals surface area (Å²) in [5.74, 6) is 0.941. The van der Waals surface area contributed by atoms with Gasteiger partial charge in [-0.2, -0.15) is 0 Å². The quantitative estimate of drug-likeness (QED) is 0.724. The van der Waals surface area contributed by atoms with Crippen LogP contribution in [0.1, 0.15) is 19.8 Å². The molecule has 2 rings (SSSR count).